The first kappa shape index (κ1) is 24.0. The van der Waals surface area contributed by atoms with Crippen molar-refractivity contribution in [2.24, 2.45) is 0 Å². The van der Waals surface area contributed by atoms with E-state index in [0.717, 1.165) is 34.4 Å². The molecule has 2 bridgehead atoms. The van der Waals surface area contributed by atoms with Gasteiger partial charge in [-0.15, -0.1) is 70.8 Å². The summed E-state index contributed by atoms with van der Waals surface area (Å²) in [5.74, 6) is 1.60. The van der Waals surface area contributed by atoms with Crippen LogP contribution >= 0.6 is 0 Å². The SMILES string of the molecule is C.[Ir].[c-]1cc2c(cc1-c1ccccn1)C1CCC2CC1.[c-]1ccccc1-c1ccccn1. The van der Waals surface area contributed by atoms with Crippen LogP contribution in [0.15, 0.2) is 85.2 Å². The van der Waals surface area contributed by atoms with Crippen LogP contribution in [0, 0.1) is 12.1 Å². The number of nitrogens with zero attached hydrogens (tertiary/aromatic N) is 2. The standard InChI is InChI=1S/C17H16N.C11H8N.CH4.Ir/c1-2-10-18-17(3-1)14-8-9-15-12-4-6-13(7-5-12)16(15)11-14;1-2-6-10(7-3-1)11-8-4-5-9-12-11;;/h1-3,9-13H,4-7H2;1-6,8-9H;1H4;/q2*-1;;. The number of hydrogen-bond donors (Lipinski definition) is 0. The number of benzene rings is 2. The maximum absolute atomic E-state index is 4.43. The summed E-state index contributed by atoms with van der Waals surface area (Å²) in [6, 6.07) is 30.9. The van der Waals surface area contributed by atoms with Crippen LogP contribution in [-0.4, -0.2) is 9.97 Å². The van der Waals surface area contributed by atoms with Gasteiger partial charge in [0.1, 0.15) is 0 Å². The third-order valence-corrected chi connectivity index (χ3v) is 6.21. The van der Waals surface area contributed by atoms with Gasteiger partial charge >= 0.3 is 0 Å². The molecule has 32 heavy (non-hydrogen) atoms. The molecule has 0 saturated heterocycles. The van der Waals surface area contributed by atoms with Crippen LogP contribution in [0.5, 0.6) is 0 Å². The van der Waals surface area contributed by atoms with Gasteiger partial charge in [-0.1, -0.05) is 50.5 Å². The molecule has 2 nitrogen and oxygen atoms in total. The third-order valence-electron chi connectivity index (χ3n) is 6.21. The summed E-state index contributed by atoms with van der Waals surface area (Å²) < 4.78 is 0. The van der Waals surface area contributed by atoms with Crippen LogP contribution < -0.4 is 0 Å². The summed E-state index contributed by atoms with van der Waals surface area (Å²) >= 11 is 0. The molecule has 1 fully saturated rings. The summed E-state index contributed by atoms with van der Waals surface area (Å²) in [5.41, 5.74) is 7.36. The first-order valence-corrected chi connectivity index (χ1v) is 10.7. The summed E-state index contributed by atoms with van der Waals surface area (Å²) in [6.45, 7) is 0. The molecule has 0 amide bonds. The van der Waals surface area contributed by atoms with Crippen molar-refractivity contribution in [2.75, 3.05) is 0 Å². The fourth-order valence-corrected chi connectivity index (χ4v) is 4.69. The molecule has 1 radical (unpaired) electrons. The van der Waals surface area contributed by atoms with Gasteiger partial charge in [-0.25, -0.2) is 0 Å². The Kier molecular flexibility index (Phi) is 8.50. The molecule has 0 atom stereocenters. The van der Waals surface area contributed by atoms with Crippen LogP contribution in [0.4, 0.5) is 0 Å². The number of rotatable bonds is 2. The summed E-state index contributed by atoms with van der Waals surface area (Å²) in [6.07, 6.45) is 9.17. The van der Waals surface area contributed by atoms with Crippen molar-refractivity contribution in [2.45, 2.75) is 44.9 Å². The molecule has 7 rings (SSSR count). The summed E-state index contributed by atoms with van der Waals surface area (Å²) in [5, 5.41) is 0. The van der Waals surface area contributed by atoms with E-state index in [4.69, 9.17) is 0 Å². The van der Waals surface area contributed by atoms with E-state index in [1.54, 1.807) is 17.3 Å². The van der Waals surface area contributed by atoms with Gasteiger partial charge in [0.05, 0.1) is 0 Å². The molecule has 2 heterocycles. The van der Waals surface area contributed by atoms with Gasteiger partial charge in [-0.2, -0.15) is 0 Å². The zero-order valence-corrected chi connectivity index (χ0v) is 19.7. The van der Waals surface area contributed by atoms with Crippen LogP contribution in [0.1, 0.15) is 56.1 Å². The van der Waals surface area contributed by atoms with Gasteiger partial charge in [0.2, 0.25) is 0 Å². The average molecular weight is 597 g/mol. The van der Waals surface area contributed by atoms with Crippen molar-refractivity contribution in [1.29, 1.82) is 0 Å². The smallest absolute Gasteiger partial charge is 0.0160 e. The third kappa shape index (κ3) is 5.23. The Labute approximate surface area is 205 Å². The van der Waals surface area contributed by atoms with Crippen molar-refractivity contribution in [3.05, 3.63) is 108 Å². The number of fused-ring (bicyclic) bond motifs is 2. The van der Waals surface area contributed by atoms with Gasteiger partial charge < -0.3 is 9.97 Å². The predicted molar refractivity (Wildman–Crippen MR) is 128 cm³/mol. The Bertz CT molecular complexity index is 1050. The Morgan fingerprint density at radius 2 is 1.25 bits per heavy atom. The molecule has 0 spiro atoms. The second-order valence-corrected chi connectivity index (χ2v) is 8.01. The molecule has 165 valence electrons. The first-order chi connectivity index (χ1) is 14.9. The van der Waals surface area contributed by atoms with E-state index < -0.39 is 0 Å². The van der Waals surface area contributed by atoms with Crippen molar-refractivity contribution in [3.8, 4) is 22.5 Å². The second kappa shape index (κ2) is 11.3. The topological polar surface area (TPSA) is 25.8 Å². The molecule has 3 aliphatic carbocycles. The molecule has 2 aromatic heterocycles. The van der Waals surface area contributed by atoms with Crippen LogP contribution in [0.3, 0.4) is 0 Å². The van der Waals surface area contributed by atoms with Gasteiger partial charge in [0, 0.05) is 32.5 Å². The monoisotopic (exact) mass is 597 g/mol. The van der Waals surface area contributed by atoms with Gasteiger partial charge in [-0.3, -0.25) is 0 Å². The van der Waals surface area contributed by atoms with Crippen LogP contribution in [-0.2, 0) is 20.1 Å². The van der Waals surface area contributed by atoms with Gasteiger partial charge in [0.25, 0.3) is 0 Å². The van der Waals surface area contributed by atoms with Gasteiger partial charge in [-0.05, 0) is 42.3 Å². The van der Waals surface area contributed by atoms with Crippen molar-refractivity contribution in [3.63, 3.8) is 0 Å². The zero-order chi connectivity index (χ0) is 20.2. The fourth-order valence-electron chi connectivity index (χ4n) is 4.69. The minimum Gasteiger partial charge on any atom is -0.305 e. The van der Waals surface area contributed by atoms with E-state index in [1.165, 1.54) is 25.7 Å². The van der Waals surface area contributed by atoms with E-state index in [2.05, 4.69) is 40.3 Å². The second-order valence-electron chi connectivity index (χ2n) is 8.01. The van der Waals surface area contributed by atoms with E-state index in [1.807, 2.05) is 60.8 Å². The summed E-state index contributed by atoms with van der Waals surface area (Å²) in [4.78, 5) is 8.65. The number of aromatic nitrogens is 2. The zero-order valence-electron chi connectivity index (χ0n) is 17.3. The normalized spacial score (nSPS) is 17.6. The van der Waals surface area contributed by atoms with E-state index in [9.17, 15) is 0 Å². The molecule has 0 N–H and O–H groups in total. The largest absolute Gasteiger partial charge is 0.305 e. The average Bonchev–Trinajstić information content (AvgIpc) is 2.87. The van der Waals surface area contributed by atoms with E-state index in [0.29, 0.717) is 0 Å². The molecule has 0 unspecified atom stereocenters. The molecule has 0 aliphatic heterocycles. The van der Waals surface area contributed by atoms with E-state index >= 15 is 0 Å². The fraction of sp³-hybridized carbons (Fsp3) is 0.241. The molecule has 3 heteroatoms. The molecule has 1 saturated carbocycles. The predicted octanol–water partition coefficient (Wildman–Crippen LogP) is 7.49. The Balaban J connectivity index is 0.000000183. The van der Waals surface area contributed by atoms with Crippen molar-refractivity contribution in [1.82, 2.24) is 9.97 Å². The molecule has 3 aliphatic rings. The maximum Gasteiger partial charge on any atom is 0.0160 e. The van der Waals surface area contributed by atoms with Crippen LogP contribution in [0.2, 0.25) is 0 Å². The number of pyridine rings is 2. The van der Waals surface area contributed by atoms with Crippen molar-refractivity contribution >= 4 is 0 Å². The molecular formula is C29H28IrN2-2. The van der Waals surface area contributed by atoms with Gasteiger partial charge in [0.15, 0.2) is 0 Å². The quantitative estimate of drug-likeness (QED) is 0.224. The minimum absolute atomic E-state index is 0. The van der Waals surface area contributed by atoms with E-state index in [-0.39, 0.29) is 27.5 Å². The first-order valence-electron chi connectivity index (χ1n) is 10.7. The van der Waals surface area contributed by atoms with Crippen LogP contribution in [0.25, 0.3) is 22.5 Å². The minimum atomic E-state index is 0. The van der Waals surface area contributed by atoms with Crippen molar-refractivity contribution < 1.29 is 20.1 Å². The Hall–Kier alpha value is -2.61. The molecular weight excluding hydrogens is 569 g/mol. The maximum atomic E-state index is 4.43. The molecule has 4 aromatic rings. The molecule has 2 aromatic carbocycles. The number of hydrogen-bond acceptors (Lipinski definition) is 2. The Morgan fingerprint density at radius 3 is 1.81 bits per heavy atom. The summed E-state index contributed by atoms with van der Waals surface area (Å²) in [7, 11) is 0. The Morgan fingerprint density at radius 1 is 0.656 bits per heavy atom.